The van der Waals surface area contributed by atoms with Crippen LogP contribution in [-0.2, 0) is 4.79 Å². The minimum Gasteiger partial charge on any atom is -0.497 e. The molecule has 2 aromatic carbocycles. The Hall–Kier alpha value is -2.53. The Morgan fingerprint density at radius 3 is 2.56 bits per heavy atom. The molecule has 2 atom stereocenters. The highest BCUT2D eigenvalue weighted by atomic mass is 16.5. The fraction of sp³-hybridized carbons (Fsp3) is 0.409. The zero-order valence-corrected chi connectivity index (χ0v) is 16.1. The second-order valence-electron chi connectivity index (χ2n) is 6.95. The number of hydrogen-bond acceptors (Lipinski definition) is 4. The molecule has 144 valence electrons. The predicted molar refractivity (Wildman–Crippen MR) is 105 cm³/mol. The smallest absolute Gasteiger partial charge is 0.320 e. The van der Waals surface area contributed by atoms with Gasteiger partial charge in [0.05, 0.1) is 20.3 Å². The van der Waals surface area contributed by atoms with Crippen LogP contribution in [-0.4, -0.2) is 42.8 Å². The Morgan fingerprint density at radius 2 is 1.89 bits per heavy atom. The molecule has 1 aliphatic rings. The fourth-order valence-electron chi connectivity index (χ4n) is 4.00. The van der Waals surface area contributed by atoms with Gasteiger partial charge in [-0.1, -0.05) is 30.7 Å². The number of rotatable bonds is 6. The third-order valence-corrected chi connectivity index (χ3v) is 5.38. The molecule has 5 heteroatoms. The summed E-state index contributed by atoms with van der Waals surface area (Å²) < 4.78 is 11.1. The summed E-state index contributed by atoms with van der Waals surface area (Å²) in [5.74, 6) is 0.696. The molecule has 1 N–H and O–H groups in total. The van der Waals surface area contributed by atoms with Crippen molar-refractivity contribution in [2.75, 3.05) is 20.8 Å². The Labute approximate surface area is 160 Å². The maximum atomic E-state index is 12.0. The second-order valence-corrected chi connectivity index (χ2v) is 6.95. The number of carbonyl (C=O) groups is 1. The summed E-state index contributed by atoms with van der Waals surface area (Å²) in [5.41, 5.74) is 3.15. The van der Waals surface area contributed by atoms with Crippen molar-refractivity contribution in [1.82, 2.24) is 4.90 Å². The van der Waals surface area contributed by atoms with E-state index < -0.39 is 12.0 Å². The van der Waals surface area contributed by atoms with Gasteiger partial charge in [0, 0.05) is 5.56 Å². The summed E-state index contributed by atoms with van der Waals surface area (Å²) in [4.78, 5) is 14.1. The van der Waals surface area contributed by atoms with Gasteiger partial charge in [-0.05, 0) is 55.6 Å². The van der Waals surface area contributed by atoms with E-state index in [9.17, 15) is 9.90 Å². The number of piperidine rings is 1. The molecule has 0 radical (unpaired) electrons. The van der Waals surface area contributed by atoms with Gasteiger partial charge in [0.1, 0.15) is 17.5 Å². The number of methoxy groups -OCH3 is 2. The van der Waals surface area contributed by atoms with Crippen LogP contribution >= 0.6 is 0 Å². The van der Waals surface area contributed by atoms with Crippen molar-refractivity contribution in [1.29, 1.82) is 0 Å². The van der Waals surface area contributed by atoms with Crippen LogP contribution < -0.4 is 9.47 Å². The normalized spacial score (nSPS) is 18.7. The number of nitrogens with zero attached hydrogens (tertiary/aromatic N) is 1. The number of benzene rings is 2. The van der Waals surface area contributed by atoms with E-state index in [0.717, 1.165) is 47.6 Å². The summed E-state index contributed by atoms with van der Waals surface area (Å²) >= 11 is 0. The highest BCUT2D eigenvalue weighted by molar-refractivity contribution is 5.74. The largest absolute Gasteiger partial charge is 0.497 e. The molecule has 1 heterocycles. The van der Waals surface area contributed by atoms with Gasteiger partial charge in [-0.2, -0.15) is 0 Å². The number of aryl methyl sites for hydroxylation is 1. The molecule has 2 aromatic rings. The zero-order valence-electron chi connectivity index (χ0n) is 16.1. The third kappa shape index (κ3) is 3.93. The zero-order chi connectivity index (χ0) is 19.4. The fourth-order valence-corrected chi connectivity index (χ4v) is 4.00. The van der Waals surface area contributed by atoms with Gasteiger partial charge in [-0.3, -0.25) is 9.69 Å². The standard InChI is InChI=1S/C22H27NO4/c1-15-8-4-5-9-17(15)21(23-13-7-6-10-19(23)22(24)25)18-14-16(26-2)11-12-20(18)27-3/h4-5,8-9,11-12,14,19,21H,6-7,10,13H2,1-3H3,(H,24,25). The molecule has 1 saturated heterocycles. The SMILES string of the molecule is COc1ccc(OC)c(C(c2ccccc2C)N2CCCCC2C(=O)O)c1. The molecule has 2 unspecified atom stereocenters. The molecule has 1 aliphatic heterocycles. The lowest BCUT2D eigenvalue weighted by molar-refractivity contribution is -0.145. The van der Waals surface area contributed by atoms with E-state index in [-0.39, 0.29) is 6.04 Å². The topological polar surface area (TPSA) is 59.0 Å². The average Bonchev–Trinajstić information content (AvgIpc) is 2.69. The van der Waals surface area contributed by atoms with Crippen LogP contribution in [0.3, 0.4) is 0 Å². The number of aliphatic carboxylic acids is 1. The molecule has 3 rings (SSSR count). The average molecular weight is 369 g/mol. The molecule has 0 spiro atoms. The van der Waals surface area contributed by atoms with Gasteiger partial charge in [0.15, 0.2) is 0 Å². The maximum Gasteiger partial charge on any atom is 0.320 e. The summed E-state index contributed by atoms with van der Waals surface area (Å²) in [5, 5.41) is 9.85. The third-order valence-electron chi connectivity index (χ3n) is 5.38. The van der Waals surface area contributed by atoms with Gasteiger partial charge in [-0.15, -0.1) is 0 Å². The minimum atomic E-state index is -0.768. The van der Waals surface area contributed by atoms with Gasteiger partial charge < -0.3 is 14.6 Å². The van der Waals surface area contributed by atoms with E-state index in [0.29, 0.717) is 6.42 Å². The molecule has 0 aliphatic carbocycles. The van der Waals surface area contributed by atoms with Crippen LogP contribution in [0.4, 0.5) is 0 Å². The van der Waals surface area contributed by atoms with E-state index in [1.807, 2.05) is 30.3 Å². The molecule has 0 bridgehead atoms. The molecule has 27 heavy (non-hydrogen) atoms. The highest BCUT2D eigenvalue weighted by Crippen LogP contribution is 2.41. The van der Waals surface area contributed by atoms with E-state index in [1.165, 1.54) is 0 Å². The molecule has 0 amide bonds. The number of ether oxygens (including phenoxy) is 2. The monoisotopic (exact) mass is 369 g/mol. The van der Waals surface area contributed by atoms with Gasteiger partial charge in [-0.25, -0.2) is 0 Å². The first-order valence-corrected chi connectivity index (χ1v) is 9.32. The summed E-state index contributed by atoms with van der Waals surface area (Å²) in [6.07, 6.45) is 2.58. The van der Waals surface area contributed by atoms with Crippen LogP contribution in [0.2, 0.25) is 0 Å². The quantitative estimate of drug-likeness (QED) is 0.833. The van der Waals surface area contributed by atoms with E-state index in [4.69, 9.17) is 9.47 Å². The van der Waals surface area contributed by atoms with Crippen LogP contribution in [0, 0.1) is 6.92 Å². The Bertz CT molecular complexity index is 805. The van der Waals surface area contributed by atoms with Crippen molar-refractivity contribution in [2.45, 2.75) is 38.3 Å². The molecular weight excluding hydrogens is 342 g/mol. The van der Waals surface area contributed by atoms with Crippen molar-refractivity contribution < 1.29 is 19.4 Å². The minimum absolute atomic E-state index is 0.211. The Balaban J connectivity index is 2.20. The summed E-state index contributed by atoms with van der Waals surface area (Å²) in [6, 6.07) is 13.1. The van der Waals surface area contributed by atoms with E-state index in [2.05, 4.69) is 24.0 Å². The lowest BCUT2D eigenvalue weighted by Crippen LogP contribution is -2.47. The molecule has 0 aromatic heterocycles. The van der Waals surface area contributed by atoms with Crippen LogP contribution in [0.15, 0.2) is 42.5 Å². The van der Waals surface area contributed by atoms with Crippen molar-refractivity contribution in [3.63, 3.8) is 0 Å². The van der Waals surface area contributed by atoms with Gasteiger partial charge in [0.25, 0.3) is 0 Å². The first-order chi connectivity index (χ1) is 13.1. The molecule has 1 fully saturated rings. The molecule has 0 saturated carbocycles. The summed E-state index contributed by atoms with van der Waals surface area (Å²) in [6.45, 7) is 2.80. The van der Waals surface area contributed by atoms with Gasteiger partial charge >= 0.3 is 5.97 Å². The van der Waals surface area contributed by atoms with Crippen LogP contribution in [0.5, 0.6) is 11.5 Å². The van der Waals surface area contributed by atoms with Crippen molar-refractivity contribution in [3.8, 4) is 11.5 Å². The predicted octanol–water partition coefficient (Wildman–Crippen LogP) is 4.04. The maximum absolute atomic E-state index is 12.0. The molecular formula is C22H27NO4. The number of likely N-dealkylation sites (tertiary alicyclic amines) is 1. The van der Waals surface area contributed by atoms with Crippen LogP contribution in [0.1, 0.15) is 42.0 Å². The first kappa shape index (κ1) is 19.2. The lowest BCUT2D eigenvalue weighted by atomic mass is 9.89. The van der Waals surface area contributed by atoms with E-state index in [1.54, 1.807) is 14.2 Å². The number of carboxylic acid groups (broad SMARTS) is 1. The number of carboxylic acids is 1. The van der Waals surface area contributed by atoms with Crippen molar-refractivity contribution in [3.05, 3.63) is 59.2 Å². The van der Waals surface area contributed by atoms with Gasteiger partial charge in [0.2, 0.25) is 0 Å². The summed E-state index contributed by atoms with van der Waals surface area (Å²) in [7, 11) is 3.28. The van der Waals surface area contributed by atoms with Crippen molar-refractivity contribution >= 4 is 5.97 Å². The van der Waals surface area contributed by atoms with E-state index >= 15 is 0 Å². The Morgan fingerprint density at radius 1 is 1.11 bits per heavy atom. The number of hydrogen-bond donors (Lipinski definition) is 1. The lowest BCUT2D eigenvalue weighted by Gasteiger charge is -2.40. The Kier molecular flexibility index (Phi) is 6.01. The molecule has 5 nitrogen and oxygen atoms in total. The van der Waals surface area contributed by atoms with Crippen molar-refractivity contribution in [2.24, 2.45) is 0 Å². The first-order valence-electron chi connectivity index (χ1n) is 9.32. The second kappa shape index (κ2) is 8.44. The van der Waals surface area contributed by atoms with Crippen LogP contribution in [0.25, 0.3) is 0 Å². The highest BCUT2D eigenvalue weighted by Gasteiger charge is 2.36.